The molecule has 13 rings (SSSR count). The van der Waals surface area contributed by atoms with E-state index in [0.717, 1.165) is 77.6 Å². The van der Waals surface area contributed by atoms with Gasteiger partial charge in [-0.05, 0) is 140 Å². The summed E-state index contributed by atoms with van der Waals surface area (Å²) < 4.78 is 36.0. The number of ether oxygens (including phenoxy) is 1. The maximum atomic E-state index is 10.0. The second kappa shape index (κ2) is 19.9. The Bertz CT molecular complexity index is 4470. The summed E-state index contributed by atoms with van der Waals surface area (Å²) in [5, 5.41) is 3.99. The van der Waals surface area contributed by atoms with E-state index in [0.29, 0.717) is 29.5 Å². The maximum absolute atomic E-state index is 10.0. The quantitative estimate of drug-likeness (QED) is 0.144. The van der Waals surface area contributed by atoms with Crippen molar-refractivity contribution in [2.75, 3.05) is 16.5 Å². The van der Waals surface area contributed by atoms with E-state index in [9.17, 15) is 2.74 Å². The standard InChI is InChI=1S/C77H74N4O2/c1-74(2,3)46-52-40-70(78-47-64(52)51-38-53(75(4,5)6)41-54(39-51)76(7,8)9)81-67-37-36-60-59-30-19-22-33-69(59)83-73(60)71(67)61-35-34-58(45-68(61)81)82-57-29-23-28-56(44-57)79-48-80(66-32-21-20-31-65(66)79)72-62(49-24-15-13-16-25-49)42-55(77(10,11)12)43-63(72)50-26-17-14-18-27-50/h13-45,47H,46,48H2,1-12H3/i46D2. The molecule has 0 spiro atoms. The fraction of sp³-hybridized carbons (Fsp3) is 0.234. The van der Waals surface area contributed by atoms with Crippen molar-refractivity contribution >= 4 is 66.5 Å². The Morgan fingerprint density at radius 2 is 1.06 bits per heavy atom. The number of hydrogen-bond donors (Lipinski definition) is 0. The minimum atomic E-state index is -1.78. The molecule has 0 N–H and O–H groups in total. The Labute approximate surface area is 492 Å². The van der Waals surface area contributed by atoms with Crippen LogP contribution in [-0.2, 0) is 22.6 Å². The van der Waals surface area contributed by atoms with Gasteiger partial charge in [-0.3, -0.25) is 4.57 Å². The first kappa shape index (κ1) is 51.0. The van der Waals surface area contributed by atoms with Gasteiger partial charge in [-0.25, -0.2) is 4.98 Å². The molecule has 1 aliphatic heterocycles. The molecule has 6 nitrogen and oxygen atoms in total. The molecule has 12 aromatic rings. The lowest BCUT2D eigenvalue weighted by molar-refractivity contribution is 0.411. The molecule has 6 heteroatoms. The molecular formula is C77H74N4O2. The highest BCUT2D eigenvalue weighted by Gasteiger charge is 2.33. The van der Waals surface area contributed by atoms with Crippen LogP contribution in [0, 0.1) is 5.41 Å². The lowest BCUT2D eigenvalue weighted by Gasteiger charge is -2.30. The molecular weight excluding hydrogens is 1010 g/mol. The lowest BCUT2D eigenvalue weighted by Crippen LogP contribution is -2.25. The molecule has 414 valence electrons. The number of pyridine rings is 1. The number of anilines is 4. The Balaban J connectivity index is 0.947. The predicted molar refractivity (Wildman–Crippen MR) is 350 cm³/mol. The molecule has 0 amide bonds. The van der Waals surface area contributed by atoms with E-state index in [1.54, 1.807) is 0 Å². The summed E-state index contributed by atoms with van der Waals surface area (Å²) >= 11 is 0. The van der Waals surface area contributed by atoms with E-state index in [-0.39, 0.29) is 16.2 Å². The fourth-order valence-corrected chi connectivity index (χ4v) is 12.0. The van der Waals surface area contributed by atoms with Crippen molar-refractivity contribution in [1.82, 2.24) is 9.55 Å². The first-order valence-electron chi connectivity index (χ1n) is 30.2. The van der Waals surface area contributed by atoms with Crippen LogP contribution in [0.2, 0.25) is 0 Å². The third-order valence-corrected chi connectivity index (χ3v) is 16.4. The first-order valence-corrected chi connectivity index (χ1v) is 29.2. The number of hydrogen-bond acceptors (Lipinski definition) is 5. The summed E-state index contributed by atoms with van der Waals surface area (Å²) in [7, 11) is 0. The van der Waals surface area contributed by atoms with Crippen molar-refractivity contribution in [3.8, 4) is 50.7 Å². The largest absolute Gasteiger partial charge is 0.457 e. The van der Waals surface area contributed by atoms with Gasteiger partial charge in [-0.1, -0.05) is 198 Å². The van der Waals surface area contributed by atoms with Crippen LogP contribution in [0.15, 0.2) is 211 Å². The molecule has 0 radical (unpaired) electrons. The second-order valence-corrected chi connectivity index (χ2v) is 26.7. The van der Waals surface area contributed by atoms with E-state index < -0.39 is 11.8 Å². The summed E-state index contributed by atoms with van der Waals surface area (Å²) in [6.07, 6.45) is 0.122. The first-order chi connectivity index (χ1) is 40.4. The van der Waals surface area contributed by atoms with Gasteiger partial charge in [-0.2, -0.15) is 0 Å². The van der Waals surface area contributed by atoms with Gasteiger partial charge in [0, 0.05) is 59.6 Å². The molecule has 0 unspecified atom stereocenters. The third-order valence-electron chi connectivity index (χ3n) is 16.4. The van der Waals surface area contributed by atoms with Gasteiger partial charge in [0.25, 0.3) is 0 Å². The summed E-state index contributed by atoms with van der Waals surface area (Å²) in [4.78, 5) is 10.2. The topological polar surface area (TPSA) is 46.7 Å². The maximum Gasteiger partial charge on any atom is 0.145 e. The zero-order valence-electron chi connectivity index (χ0n) is 51.9. The van der Waals surface area contributed by atoms with Crippen molar-refractivity contribution in [2.45, 2.75) is 106 Å². The van der Waals surface area contributed by atoms with Gasteiger partial charge in [0.2, 0.25) is 0 Å². The SMILES string of the molecule is [2H]C([2H])(c1cc(-n2c3cc(Oc4cccc(N5CN(c6c(-c7ccccc7)cc(C(C)(C)C)cc6-c6ccccc6)c6ccccc65)c4)ccc3c3c4oc5ccccc5c4ccc32)ncc1-c1cc(C(C)(C)C)cc(C(C)(C)C)c1)C(C)(C)C. The van der Waals surface area contributed by atoms with Gasteiger partial charge in [0.15, 0.2) is 0 Å². The minimum absolute atomic E-state index is 0.0880. The highest BCUT2D eigenvalue weighted by molar-refractivity contribution is 6.24. The minimum Gasteiger partial charge on any atom is -0.457 e. The molecule has 0 saturated heterocycles. The van der Waals surface area contributed by atoms with Crippen LogP contribution in [-0.4, -0.2) is 16.2 Å². The number of para-hydroxylation sites is 3. The second-order valence-electron chi connectivity index (χ2n) is 26.7. The average Bonchev–Trinajstić information content (AvgIpc) is 1.66. The summed E-state index contributed by atoms with van der Waals surface area (Å²) in [5.41, 5.74) is 17.3. The van der Waals surface area contributed by atoms with Crippen LogP contribution < -0.4 is 14.5 Å². The van der Waals surface area contributed by atoms with E-state index >= 15 is 0 Å². The molecule has 0 atom stereocenters. The van der Waals surface area contributed by atoms with Gasteiger partial charge in [0.05, 0.1) is 33.5 Å². The van der Waals surface area contributed by atoms with Crippen LogP contribution in [0.25, 0.3) is 82.9 Å². The summed E-state index contributed by atoms with van der Waals surface area (Å²) in [6.45, 7) is 26.8. The van der Waals surface area contributed by atoms with Crippen LogP contribution in [0.3, 0.4) is 0 Å². The van der Waals surface area contributed by atoms with Crippen molar-refractivity contribution in [3.05, 3.63) is 229 Å². The van der Waals surface area contributed by atoms with E-state index in [4.69, 9.17) is 14.1 Å². The van der Waals surface area contributed by atoms with Crippen LogP contribution in [0.1, 0.15) is 108 Å². The third kappa shape index (κ3) is 9.92. The normalized spacial score (nSPS) is 13.8. The van der Waals surface area contributed by atoms with Gasteiger partial charge in [0.1, 0.15) is 35.2 Å². The number of aromatic nitrogens is 2. The van der Waals surface area contributed by atoms with Crippen molar-refractivity contribution in [3.63, 3.8) is 0 Å². The Morgan fingerprint density at radius 1 is 0.482 bits per heavy atom. The Hall–Kier alpha value is -8.87. The van der Waals surface area contributed by atoms with E-state index in [1.807, 2.05) is 57.3 Å². The monoisotopic (exact) mass is 1090 g/mol. The highest BCUT2D eigenvalue weighted by atomic mass is 16.5. The number of furan rings is 1. The highest BCUT2D eigenvalue weighted by Crippen LogP contribution is 2.52. The molecule has 0 fully saturated rings. The molecule has 83 heavy (non-hydrogen) atoms. The number of fused-ring (bicyclic) bond motifs is 8. The molecule has 0 aliphatic carbocycles. The van der Waals surface area contributed by atoms with Crippen molar-refractivity contribution in [1.29, 1.82) is 0 Å². The molecule has 3 aromatic heterocycles. The number of benzene rings is 9. The van der Waals surface area contributed by atoms with Crippen LogP contribution in [0.4, 0.5) is 22.7 Å². The summed E-state index contributed by atoms with van der Waals surface area (Å²) in [5.74, 6) is 1.93. The van der Waals surface area contributed by atoms with E-state index in [2.05, 4.69) is 247 Å². The average molecular weight is 1090 g/mol. The van der Waals surface area contributed by atoms with Gasteiger partial charge >= 0.3 is 0 Å². The molecule has 1 aliphatic rings. The Morgan fingerprint density at radius 3 is 1.70 bits per heavy atom. The van der Waals surface area contributed by atoms with Crippen molar-refractivity contribution < 1.29 is 11.9 Å². The molecule has 0 saturated carbocycles. The number of rotatable bonds is 9. The molecule has 0 bridgehead atoms. The van der Waals surface area contributed by atoms with Crippen molar-refractivity contribution in [2.24, 2.45) is 5.41 Å². The summed E-state index contributed by atoms with van der Waals surface area (Å²) in [6, 6.07) is 71.0. The smallest absolute Gasteiger partial charge is 0.145 e. The van der Waals surface area contributed by atoms with Crippen LogP contribution >= 0.6 is 0 Å². The van der Waals surface area contributed by atoms with E-state index in [1.165, 1.54) is 38.9 Å². The predicted octanol–water partition coefficient (Wildman–Crippen LogP) is 21.6. The van der Waals surface area contributed by atoms with Gasteiger partial charge < -0.3 is 19.0 Å². The molecule has 9 aromatic carbocycles. The number of nitrogens with zero attached hydrogens (tertiary/aromatic N) is 4. The Kier molecular flexibility index (Phi) is 12.3. The fourth-order valence-electron chi connectivity index (χ4n) is 12.0. The zero-order valence-corrected chi connectivity index (χ0v) is 49.9. The zero-order chi connectivity index (χ0) is 59.5. The van der Waals surface area contributed by atoms with Gasteiger partial charge in [-0.15, -0.1) is 0 Å². The lowest BCUT2D eigenvalue weighted by atomic mass is 9.78. The molecule has 4 heterocycles. The van der Waals surface area contributed by atoms with Crippen LogP contribution in [0.5, 0.6) is 11.5 Å².